The molecule has 12 heavy (non-hydrogen) atoms. The fourth-order valence-corrected chi connectivity index (χ4v) is 2.23. The van der Waals surface area contributed by atoms with Gasteiger partial charge in [0.1, 0.15) is 9.48 Å². The minimum atomic E-state index is 0.535. The van der Waals surface area contributed by atoms with E-state index in [1.165, 1.54) is 11.3 Å². The molecule has 0 atom stereocenters. The quantitative estimate of drug-likeness (QED) is 0.840. The number of thiazole rings is 1. The number of anilines is 1. The van der Waals surface area contributed by atoms with Crippen molar-refractivity contribution in [2.24, 2.45) is 0 Å². The fourth-order valence-electron chi connectivity index (χ4n) is 0.882. The van der Waals surface area contributed by atoms with Gasteiger partial charge in [0.15, 0.2) is 10.9 Å². The van der Waals surface area contributed by atoms with Crippen LogP contribution in [0.3, 0.4) is 0 Å². The lowest BCUT2D eigenvalue weighted by Gasteiger charge is -1.88. The number of hydrogen-bond acceptors (Lipinski definition) is 4. The van der Waals surface area contributed by atoms with Crippen molar-refractivity contribution in [2.45, 2.75) is 0 Å². The maximum absolute atomic E-state index is 5.52. The number of nitrogen functional groups attached to an aromatic ring is 1. The second-order valence-corrected chi connectivity index (χ2v) is 4.50. The predicted octanol–water partition coefficient (Wildman–Crippen LogP) is 2.75. The SMILES string of the molecule is Nc1nc(-c2ccco2)c(Br)s1. The van der Waals surface area contributed by atoms with Crippen LogP contribution in [-0.4, -0.2) is 4.98 Å². The molecule has 0 fully saturated rings. The van der Waals surface area contributed by atoms with Crippen LogP contribution in [0.15, 0.2) is 26.6 Å². The third-order valence-electron chi connectivity index (χ3n) is 1.36. The van der Waals surface area contributed by atoms with Crippen LogP contribution < -0.4 is 5.73 Å². The number of furan rings is 1. The molecule has 2 aromatic rings. The van der Waals surface area contributed by atoms with Crippen LogP contribution in [0, 0.1) is 0 Å². The first-order valence-electron chi connectivity index (χ1n) is 3.23. The van der Waals surface area contributed by atoms with E-state index < -0.39 is 0 Å². The van der Waals surface area contributed by atoms with E-state index in [1.807, 2.05) is 12.1 Å². The smallest absolute Gasteiger partial charge is 0.181 e. The second kappa shape index (κ2) is 2.91. The van der Waals surface area contributed by atoms with Crippen LogP contribution >= 0.6 is 27.3 Å². The van der Waals surface area contributed by atoms with Crippen molar-refractivity contribution in [3.8, 4) is 11.5 Å². The second-order valence-electron chi connectivity index (χ2n) is 2.15. The van der Waals surface area contributed by atoms with Crippen LogP contribution in [-0.2, 0) is 0 Å². The van der Waals surface area contributed by atoms with Crippen molar-refractivity contribution in [2.75, 3.05) is 5.73 Å². The van der Waals surface area contributed by atoms with Gasteiger partial charge in [-0.3, -0.25) is 0 Å². The van der Waals surface area contributed by atoms with Gasteiger partial charge in [0.25, 0.3) is 0 Å². The largest absolute Gasteiger partial charge is 0.463 e. The average molecular weight is 245 g/mol. The topological polar surface area (TPSA) is 52.0 Å². The first kappa shape index (κ1) is 7.82. The van der Waals surface area contributed by atoms with Gasteiger partial charge in [-0.05, 0) is 28.1 Å². The monoisotopic (exact) mass is 244 g/mol. The maximum Gasteiger partial charge on any atom is 0.181 e. The molecular formula is C7H5BrN2OS. The summed E-state index contributed by atoms with van der Waals surface area (Å²) in [5, 5.41) is 0.535. The Morgan fingerprint density at radius 1 is 1.58 bits per heavy atom. The minimum Gasteiger partial charge on any atom is -0.463 e. The van der Waals surface area contributed by atoms with Crippen LogP contribution in [0.1, 0.15) is 0 Å². The average Bonchev–Trinajstić information content (AvgIpc) is 2.58. The number of halogens is 1. The molecule has 0 saturated carbocycles. The third-order valence-corrected chi connectivity index (χ3v) is 2.89. The molecule has 5 heteroatoms. The summed E-state index contributed by atoms with van der Waals surface area (Å²) in [6.07, 6.45) is 1.61. The predicted molar refractivity (Wildman–Crippen MR) is 51.9 cm³/mol. The van der Waals surface area contributed by atoms with Gasteiger partial charge in [0.2, 0.25) is 0 Å². The summed E-state index contributed by atoms with van der Waals surface area (Å²) in [6.45, 7) is 0. The van der Waals surface area contributed by atoms with E-state index >= 15 is 0 Å². The number of nitrogens with zero attached hydrogens (tertiary/aromatic N) is 1. The Morgan fingerprint density at radius 3 is 2.92 bits per heavy atom. The molecule has 0 amide bonds. The summed E-state index contributed by atoms with van der Waals surface area (Å²) in [6, 6.07) is 3.66. The van der Waals surface area contributed by atoms with Crippen molar-refractivity contribution in [3.63, 3.8) is 0 Å². The van der Waals surface area contributed by atoms with Crippen molar-refractivity contribution >= 4 is 32.4 Å². The molecule has 2 aromatic heterocycles. The molecule has 0 aliphatic heterocycles. The van der Waals surface area contributed by atoms with Gasteiger partial charge in [-0.1, -0.05) is 11.3 Å². The molecule has 0 aromatic carbocycles. The lowest BCUT2D eigenvalue weighted by Crippen LogP contribution is -1.81. The highest BCUT2D eigenvalue weighted by Crippen LogP contribution is 2.33. The molecule has 0 bridgehead atoms. The zero-order chi connectivity index (χ0) is 8.55. The third kappa shape index (κ3) is 1.25. The van der Waals surface area contributed by atoms with Gasteiger partial charge in [0, 0.05) is 0 Å². The highest BCUT2D eigenvalue weighted by molar-refractivity contribution is 9.11. The summed E-state index contributed by atoms with van der Waals surface area (Å²) in [7, 11) is 0. The zero-order valence-corrected chi connectivity index (χ0v) is 8.35. The normalized spacial score (nSPS) is 10.4. The first-order chi connectivity index (χ1) is 5.77. The van der Waals surface area contributed by atoms with Gasteiger partial charge < -0.3 is 10.2 Å². The summed E-state index contributed by atoms with van der Waals surface area (Å²) in [4.78, 5) is 4.11. The fraction of sp³-hybridized carbons (Fsp3) is 0. The van der Waals surface area contributed by atoms with Gasteiger partial charge in [0.05, 0.1) is 6.26 Å². The molecule has 0 unspecified atom stereocenters. The molecule has 2 heterocycles. The molecule has 0 saturated heterocycles. The summed E-state index contributed by atoms with van der Waals surface area (Å²) >= 11 is 4.75. The summed E-state index contributed by atoms with van der Waals surface area (Å²) < 4.78 is 6.07. The Morgan fingerprint density at radius 2 is 2.42 bits per heavy atom. The van der Waals surface area contributed by atoms with Gasteiger partial charge in [-0.2, -0.15) is 0 Å². The molecular weight excluding hydrogens is 240 g/mol. The highest BCUT2D eigenvalue weighted by Gasteiger charge is 2.10. The molecule has 0 spiro atoms. The first-order valence-corrected chi connectivity index (χ1v) is 4.84. The summed E-state index contributed by atoms with van der Waals surface area (Å²) in [5.41, 5.74) is 6.29. The Kier molecular flexibility index (Phi) is 1.90. The number of nitrogens with two attached hydrogens (primary N) is 1. The maximum atomic E-state index is 5.52. The molecule has 2 N–H and O–H groups in total. The van der Waals surface area contributed by atoms with Crippen LogP contribution in [0.25, 0.3) is 11.5 Å². The highest BCUT2D eigenvalue weighted by atomic mass is 79.9. The summed E-state index contributed by atoms with van der Waals surface area (Å²) in [5.74, 6) is 0.731. The van der Waals surface area contributed by atoms with E-state index in [-0.39, 0.29) is 0 Å². The van der Waals surface area contributed by atoms with Gasteiger partial charge in [-0.25, -0.2) is 4.98 Å². The zero-order valence-electron chi connectivity index (χ0n) is 5.95. The van der Waals surface area contributed by atoms with E-state index in [9.17, 15) is 0 Å². The van der Waals surface area contributed by atoms with Crippen LogP contribution in [0.5, 0.6) is 0 Å². The molecule has 0 radical (unpaired) electrons. The number of aromatic nitrogens is 1. The molecule has 3 nitrogen and oxygen atoms in total. The molecule has 2 rings (SSSR count). The van der Waals surface area contributed by atoms with Crippen molar-refractivity contribution in [1.29, 1.82) is 0 Å². The Bertz CT molecular complexity index is 382. The number of rotatable bonds is 1. The Labute approximate surface area is 81.4 Å². The molecule has 62 valence electrons. The molecule has 0 aliphatic rings. The van der Waals surface area contributed by atoms with Crippen molar-refractivity contribution in [3.05, 3.63) is 22.2 Å². The lowest BCUT2D eigenvalue weighted by atomic mass is 10.4. The van der Waals surface area contributed by atoms with E-state index in [2.05, 4.69) is 20.9 Å². The van der Waals surface area contributed by atoms with Crippen LogP contribution in [0.2, 0.25) is 0 Å². The Hall–Kier alpha value is -0.810. The van der Waals surface area contributed by atoms with E-state index in [1.54, 1.807) is 6.26 Å². The van der Waals surface area contributed by atoms with Crippen molar-refractivity contribution < 1.29 is 4.42 Å². The lowest BCUT2D eigenvalue weighted by molar-refractivity contribution is 0.580. The van der Waals surface area contributed by atoms with Crippen LogP contribution in [0.4, 0.5) is 5.13 Å². The minimum absolute atomic E-state index is 0.535. The number of hydrogen-bond donors (Lipinski definition) is 1. The van der Waals surface area contributed by atoms with E-state index in [0.717, 1.165) is 15.2 Å². The van der Waals surface area contributed by atoms with E-state index in [0.29, 0.717) is 5.13 Å². The molecule has 0 aliphatic carbocycles. The van der Waals surface area contributed by atoms with Crippen molar-refractivity contribution in [1.82, 2.24) is 4.98 Å². The van der Waals surface area contributed by atoms with Gasteiger partial charge >= 0.3 is 0 Å². The van der Waals surface area contributed by atoms with Gasteiger partial charge in [-0.15, -0.1) is 0 Å². The standard InChI is InChI=1S/C7H5BrN2OS/c8-6-5(10-7(9)12-6)4-2-1-3-11-4/h1-3H,(H2,9,10). The Balaban J connectivity index is 2.54. The van der Waals surface area contributed by atoms with E-state index in [4.69, 9.17) is 10.2 Å².